The number of Topliss-reactive ketones (excluding diaryl/α,β-unsaturated/α-hetero) is 1. The molecule has 18 heavy (non-hydrogen) atoms. The Morgan fingerprint density at radius 3 is 2.67 bits per heavy atom. The van der Waals surface area contributed by atoms with Crippen molar-refractivity contribution in [3.63, 3.8) is 0 Å². The number of carbonyl (C=O) groups is 1. The summed E-state index contributed by atoms with van der Waals surface area (Å²) in [7, 11) is 0. The predicted octanol–water partition coefficient (Wildman–Crippen LogP) is 2.22. The maximum absolute atomic E-state index is 11.7. The van der Waals surface area contributed by atoms with Gasteiger partial charge in [-0.15, -0.1) is 0 Å². The molecular weight excluding hydrogens is 228 g/mol. The summed E-state index contributed by atoms with van der Waals surface area (Å²) in [6, 6.07) is 5.44. The third kappa shape index (κ3) is 1.57. The molecule has 0 radical (unpaired) electrons. The van der Waals surface area contributed by atoms with Crippen molar-refractivity contribution >= 4 is 16.8 Å². The third-order valence-electron chi connectivity index (χ3n) is 2.80. The molecule has 3 aromatic heterocycles. The fraction of sp³-hybridized carbons (Fsp3) is 0.0769. The molecular formula is C13H10N4O. The number of carbonyl (C=O) groups excluding carboxylic acids is 1. The maximum Gasteiger partial charge on any atom is 0.182 e. The van der Waals surface area contributed by atoms with Gasteiger partial charge in [-0.05, 0) is 25.1 Å². The van der Waals surface area contributed by atoms with E-state index in [4.69, 9.17) is 0 Å². The highest BCUT2D eigenvalue weighted by molar-refractivity contribution is 6.09. The van der Waals surface area contributed by atoms with E-state index in [9.17, 15) is 4.79 Å². The van der Waals surface area contributed by atoms with Crippen LogP contribution in [-0.4, -0.2) is 25.9 Å². The summed E-state index contributed by atoms with van der Waals surface area (Å²) in [6.45, 7) is 1.54. The van der Waals surface area contributed by atoms with Gasteiger partial charge in [0, 0.05) is 29.7 Å². The van der Waals surface area contributed by atoms with Crippen molar-refractivity contribution < 1.29 is 4.79 Å². The Labute approximate surface area is 103 Å². The van der Waals surface area contributed by atoms with Crippen LogP contribution >= 0.6 is 0 Å². The molecule has 0 saturated carbocycles. The van der Waals surface area contributed by atoms with Crippen molar-refractivity contribution in [1.82, 2.24) is 20.2 Å². The van der Waals surface area contributed by atoms with E-state index in [1.54, 1.807) is 24.7 Å². The van der Waals surface area contributed by atoms with Gasteiger partial charge in [0.25, 0.3) is 0 Å². The van der Waals surface area contributed by atoms with E-state index in [-0.39, 0.29) is 5.78 Å². The largest absolute Gasteiger partial charge is 0.294 e. The summed E-state index contributed by atoms with van der Waals surface area (Å²) in [6.07, 6.45) is 4.99. The van der Waals surface area contributed by atoms with Gasteiger partial charge in [0.05, 0.1) is 11.1 Å². The average molecular weight is 238 g/mol. The van der Waals surface area contributed by atoms with Crippen LogP contribution in [-0.2, 0) is 0 Å². The van der Waals surface area contributed by atoms with Gasteiger partial charge < -0.3 is 0 Å². The van der Waals surface area contributed by atoms with E-state index in [1.165, 1.54) is 6.92 Å². The van der Waals surface area contributed by atoms with Gasteiger partial charge >= 0.3 is 0 Å². The Balaban J connectivity index is 2.35. The first-order chi connectivity index (χ1) is 8.77. The molecule has 0 amide bonds. The highest BCUT2D eigenvalue weighted by Gasteiger charge is 2.14. The van der Waals surface area contributed by atoms with Crippen molar-refractivity contribution in [2.24, 2.45) is 0 Å². The summed E-state index contributed by atoms with van der Waals surface area (Å²) < 4.78 is 0. The smallest absolute Gasteiger partial charge is 0.182 e. The summed E-state index contributed by atoms with van der Waals surface area (Å²) in [5.41, 5.74) is 2.91. The molecule has 88 valence electrons. The predicted molar refractivity (Wildman–Crippen MR) is 67.1 cm³/mol. The molecule has 0 unspecified atom stereocenters. The minimum absolute atomic E-state index is 0.000828. The number of fused-ring (bicyclic) bond motifs is 1. The monoisotopic (exact) mass is 238 g/mol. The van der Waals surface area contributed by atoms with Crippen LogP contribution in [0, 0.1) is 0 Å². The summed E-state index contributed by atoms with van der Waals surface area (Å²) in [5.74, 6) is -0.000828. The summed E-state index contributed by atoms with van der Waals surface area (Å²) in [4.78, 5) is 19.8. The number of H-pyrrole nitrogens is 1. The van der Waals surface area contributed by atoms with Crippen molar-refractivity contribution in [3.8, 4) is 11.3 Å². The SMILES string of the molecule is CC(=O)c1ccnc2n[nH]c(-c3ccncc3)c12. The molecule has 3 heterocycles. The molecule has 0 saturated heterocycles. The minimum atomic E-state index is -0.000828. The molecule has 3 aromatic rings. The van der Waals surface area contributed by atoms with Crippen LogP contribution in [0.3, 0.4) is 0 Å². The van der Waals surface area contributed by atoms with Crippen LogP contribution in [0.2, 0.25) is 0 Å². The van der Waals surface area contributed by atoms with E-state index in [1.807, 2.05) is 12.1 Å². The van der Waals surface area contributed by atoms with Crippen LogP contribution < -0.4 is 0 Å². The number of aromatic nitrogens is 4. The second kappa shape index (κ2) is 4.03. The standard InChI is InChI=1S/C13H10N4O/c1-8(18)10-4-7-15-13-11(10)12(16-17-13)9-2-5-14-6-3-9/h2-7H,1H3,(H,15,16,17). The number of ketones is 1. The highest BCUT2D eigenvalue weighted by Crippen LogP contribution is 2.27. The van der Waals surface area contributed by atoms with Gasteiger partial charge in [-0.3, -0.25) is 14.9 Å². The molecule has 0 aliphatic carbocycles. The van der Waals surface area contributed by atoms with Crippen LogP contribution in [0.25, 0.3) is 22.3 Å². The lowest BCUT2D eigenvalue weighted by Gasteiger charge is -2.01. The first kappa shape index (κ1) is 10.6. The van der Waals surface area contributed by atoms with Crippen LogP contribution in [0.4, 0.5) is 0 Å². The molecule has 0 aliphatic rings. The van der Waals surface area contributed by atoms with Crippen molar-refractivity contribution in [2.45, 2.75) is 6.92 Å². The molecule has 0 spiro atoms. The Morgan fingerprint density at radius 1 is 1.17 bits per heavy atom. The topological polar surface area (TPSA) is 71.5 Å². The average Bonchev–Trinajstić information content (AvgIpc) is 2.83. The molecule has 0 aromatic carbocycles. The molecule has 5 nitrogen and oxygen atoms in total. The normalized spacial score (nSPS) is 10.7. The van der Waals surface area contributed by atoms with Gasteiger partial charge in [-0.25, -0.2) is 4.98 Å². The molecule has 3 rings (SSSR count). The van der Waals surface area contributed by atoms with E-state index in [0.29, 0.717) is 11.2 Å². The molecule has 0 aliphatic heterocycles. The maximum atomic E-state index is 11.7. The first-order valence-electron chi connectivity index (χ1n) is 5.52. The second-order valence-electron chi connectivity index (χ2n) is 3.95. The van der Waals surface area contributed by atoms with Crippen LogP contribution in [0.15, 0.2) is 36.8 Å². The van der Waals surface area contributed by atoms with Crippen molar-refractivity contribution in [3.05, 3.63) is 42.4 Å². The lowest BCUT2D eigenvalue weighted by molar-refractivity contribution is 0.101. The molecule has 0 fully saturated rings. The Morgan fingerprint density at radius 2 is 1.94 bits per heavy atom. The Kier molecular flexibility index (Phi) is 2.37. The second-order valence-corrected chi connectivity index (χ2v) is 3.95. The number of nitrogens with zero attached hydrogens (tertiary/aromatic N) is 3. The zero-order chi connectivity index (χ0) is 12.5. The zero-order valence-electron chi connectivity index (χ0n) is 9.71. The summed E-state index contributed by atoms with van der Waals surface area (Å²) in [5, 5.41) is 7.82. The lowest BCUT2D eigenvalue weighted by Crippen LogP contribution is -1.94. The van der Waals surface area contributed by atoms with Gasteiger partial charge in [0.1, 0.15) is 0 Å². The van der Waals surface area contributed by atoms with E-state index >= 15 is 0 Å². The van der Waals surface area contributed by atoms with Gasteiger partial charge in [-0.2, -0.15) is 5.10 Å². The van der Waals surface area contributed by atoms with E-state index in [2.05, 4.69) is 20.2 Å². The van der Waals surface area contributed by atoms with Crippen molar-refractivity contribution in [1.29, 1.82) is 0 Å². The third-order valence-corrected chi connectivity index (χ3v) is 2.80. The molecule has 0 bridgehead atoms. The number of nitrogens with one attached hydrogen (secondary N) is 1. The van der Waals surface area contributed by atoms with E-state index < -0.39 is 0 Å². The quantitative estimate of drug-likeness (QED) is 0.695. The highest BCUT2D eigenvalue weighted by atomic mass is 16.1. The number of aromatic amines is 1. The number of hydrogen-bond acceptors (Lipinski definition) is 4. The van der Waals surface area contributed by atoms with Crippen molar-refractivity contribution in [2.75, 3.05) is 0 Å². The molecule has 1 N–H and O–H groups in total. The fourth-order valence-corrected chi connectivity index (χ4v) is 1.97. The fourth-order valence-electron chi connectivity index (χ4n) is 1.97. The van der Waals surface area contributed by atoms with Gasteiger partial charge in [0.2, 0.25) is 0 Å². The number of pyridine rings is 2. The van der Waals surface area contributed by atoms with Gasteiger partial charge in [-0.1, -0.05) is 0 Å². The van der Waals surface area contributed by atoms with E-state index in [0.717, 1.165) is 16.6 Å². The first-order valence-corrected chi connectivity index (χ1v) is 5.52. The number of hydrogen-bond donors (Lipinski definition) is 1. The van der Waals surface area contributed by atoms with Crippen LogP contribution in [0.1, 0.15) is 17.3 Å². The Bertz CT molecular complexity index is 718. The van der Waals surface area contributed by atoms with Crippen LogP contribution in [0.5, 0.6) is 0 Å². The van der Waals surface area contributed by atoms with Gasteiger partial charge in [0.15, 0.2) is 11.4 Å². The molecule has 5 heteroatoms. The number of rotatable bonds is 2. The minimum Gasteiger partial charge on any atom is -0.294 e. The Hall–Kier alpha value is -2.56. The molecule has 0 atom stereocenters. The lowest BCUT2D eigenvalue weighted by atomic mass is 10.0. The zero-order valence-corrected chi connectivity index (χ0v) is 9.71. The summed E-state index contributed by atoms with van der Waals surface area (Å²) >= 11 is 0.